The Labute approximate surface area is 143 Å². The van der Waals surface area contributed by atoms with Gasteiger partial charge in [-0.3, -0.25) is 9.69 Å². The molecule has 0 unspecified atom stereocenters. The van der Waals surface area contributed by atoms with Gasteiger partial charge in [0.25, 0.3) is 5.91 Å². The van der Waals surface area contributed by atoms with Gasteiger partial charge in [-0.25, -0.2) is 13.5 Å². The first-order valence-electron chi connectivity index (χ1n) is 8.35. The van der Waals surface area contributed by atoms with Crippen LogP contribution in [0.25, 0.3) is 0 Å². The number of benzene rings is 1. The summed E-state index contributed by atoms with van der Waals surface area (Å²) in [7, 11) is 0. The molecule has 2 heterocycles. The average Bonchev–Trinajstić information content (AvgIpc) is 3.36. The molecular formula is C16H18F2N6O. The zero-order chi connectivity index (χ0) is 17.4. The highest BCUT2D eigenvalue weighted by Gasteiger charge is 2.29. The van der Waals surface area contributed by atoms with Crippen LogP contribution in [0.4, 0.5) is 8.78 Å². The van der Waals surface area contributed by atoms with Crippen molar-refractivity contribution in [1.29, 1.82) is 0 Å². The smallest absolute Gasteiger partial charge is 0.257 e. The summed E-state index contributed by atoms with van der Waals surface area (Å²) >= 11 is 0. The zero-order valence-corrected chi connectivity index (χ0v) is 13.6. The monoisotopic (exact) mass is 348 g/mol. The molecular weight excluding hydrogens is 330 g/mol. The molecule has 1 saturated heterocycles. The van der Waals surface area contributed by atoms with Gasteiger partial charge in [-0.15, -0.1) is 5.10 Å². The summed E-state index contributed by atoms with van der Waals surface area (Å²) in [5.41, 5.74) is -0.217. The Morgan fingerprint density at radius 1 is 1.16 bits per heavy atom. The number of halogens is 2. The molecule has 1 aromatic heterocycles. The predicted octanol–water partition coefficient (Wildman–Crippen LogP) is 1.24. The Hall–Kier alpha value is -2.42. The van der Waals surface area contributed by atoms with Crippen LogP contribution in [0.3, 0.4) is 0 Å². The molecule has 1 aliphatic carbocycles. The standard InChI is InChI=1S/C16H18F2N6O/c17-11-1-4-14(18)13(9-11)16(25)23-7-5-22(6-8-23)10-15-19-20-21-24(15)12-2-3-12/h1,4,9,12H,2-3,5-8,10H2. The molecule has 1 saturated carbocycles. The second kappa shape index (κ2) is 6.47. The van der Waals surface area contributed by atoms with Gasteiger partial charge in [-0.2, -0.15) is 0 Å². The third kappa shape index (κ3) is 3.37. The Morgan fingerprint density at radius 3 is 2.64 bits per heavy atom. The Balaban J connectivity index is 1.37. The molecule has 0 radical (unpaired) electrons. The lowest BCUT2D eigenvalue weighted by atomic mass is 10.1. The molecule has 25 heavy (non-hydrogen) atoms. The first-order chi connectivity index (χ1) is 12.1. The second-order valence-electron chi connectivity index (χ2n) is 6.46. The summed E-state index contributed by atoms with van der Waals surface area (Å²) < 4.78 is 28.9. The SMILES string of the molecule is O=C(c1cc(F)ccc1F)N1CCN(Cc2nnnn2C2CC2)CC1. The first-order valence-corrected chi connectivity index (χ1v) is 8.35. The number of hydrogen-bond acceptors (Lipinski definition) is 5. The van der Waals surface area contributed by atoms with Gasteiger partial charge in [-0.05, 0) is 41.5 Å². The summed E-state index contributed by atoms with van der Waals surface area (Å²) in [6, 6.07) is 3.36. The Morgan fingerprint density at radius 2 is 1.92 bits per heavy atom. The Bertz CT molecular complexity index is 783. The van der Waals surface area contributed by atoms with E-state index in [1.54, 1.807) is 4.90 Å². The van der Waals surface area contributed by atoms with Gasteiger partial charge in [0.2, 0.25) is 0 Å². The van der Waals surface area contributed by atoms with E-state index in [1.807, 2.05) is 4.68 Å². The van der Waals surface area contributed by atoms with Crippen molar-refractivity contribution in [3.63, 3.8) is 0 Å². The van der Waals surface area contributed by atoms with E-state index in [1.165, 1.54) is 0 Å². The molecule has 1 amide bonds. The number of amides is 1. The summed E-state index contributed by atoms with van der Waals surface area (Å²) in [4.78, 5) is 16.1. The van der Waals surface area contributed by atoms with Crippen LogP contribution in [-0.4, -0.2) is 62.1 Å². The molecule has 1 aromatic carbocycles. The predicted molar refractivity (Wildman–Crippen MR) is 83.6 cm³/mol. The molecule has 0 spiro atoms. The van der Waals surface area contributed by atoms with E-state index in [-0.39, 0.29) is 5.56 Å². The van der Waals surface area contributed by atoms with E-state index in [0.717, 1.165) is 36.9 Å². The Kier molecular flexibility index (Phi) is 4.16. The van der Waals surface area contributed by atoms with E-state index >= 15 is 0 Å². The minimum Gasteiger partial charge on any atom is -0.336 e. The number of carbonyl (C=O) groups is 1. The largest absolute Gasteiger partial charge is 0.336 e. The lowest BCUT2D eigenvalue weighted by Crippen LogP contribution is -2.48. The minimum absolute atomic E-state index is 0.217. The maximum atomic E-state index is 13.8. The van der Waals surface area contributed by atoms with Crippen molar-refractivity contribution in [3.05, 3.63) is 41.2 Å². The molecule has 2 fully saturated rings. The highest BCUT2D eigenvalue weighted by atomic mass is 19.1. The summed E-state index contributed by atoms with van der Waals surface area (Å²) in [5.74, 6) is -0.953. The van der Waals surface area contributed by atoms with Crippen LogP contribution in [-0.2, 0) is 6.54 Å². The zero-order valence-electron chi connectivity index (χ0n) is 13.6. The number of rotatable bonds is 4. The fourth-order valence-corrected chi connectivity index (χ4v) is 3.06. The minimum atomic E-state index is -0.697. The van der Waals surface area contributed by atoms with Crippen molar-refractivity contribution < 1.29 is 13.6 Å². The third-order valence-corrected chi connectivity index (χ3v) is 4.64. The molecule has 7 nitrogen and oxygen atoms in total. The maximum Gasteiger partial charge on any atom is 0.257 e. The van der Waals surface area contributed by atoms with E-state index in [9.17, 15) is 13.6 Å². The van der Waals surface area contributed by atoms with Crippen molar-refractivity contribution >= 4 is 5.91 Å². The van der Waals surface area contributed by atoms with Gasteiger partial charge in [0, 0.05) is 26.2 Å². The first kappa shape index (κ1) is 16.1. The van der Waals surface area contributed by atoms with Gasteiger partial charge >= 0.3 is 0 Å². The van der Waals surface area contributed by atoms with Gasteiger partial charge < -0.3 is 4.90 Å². The summed E-state index contributed by atoms with van der Waals surface area (Å²) in [5, 5.41) is 11.9. The van der Waals surface area contributed by atoms with Crippen molar-refractivity contribution in [2.75, 3.05) is 26.2 Å². The number of tetrazole rings is 1. The summed E-state index contributed by atoms with van der Waals surface area (Å²) in [6.45, 7) is 2.82. The lowest BCUT2D eigenvalue weighted by molar-refractivity contribution is 0.0618. The average molecular weight is 348 g/mol. The fraction of sp³-hybridized carbons (Fsp3) is 0.500. The fourth-order valence-electron chi connectivity index (χ4n) is 3.06. The van der Waals surface area contributed by atoms with Crippen LogP contribution in [0.5, 0.6) is 0 Å². The molecule has 4 rings (SSSR count). The maximum absolute atomic E-state index is 13.8. The van der Waals surface area contributed by atoms with Crippen LogP contribution in [0, 0.1) is 11.6 Å². The van der Waals surface area contributed by atoms with Gasteiger partial charge in [0.1, 0.15) is 11.6 Å². The molecule has 0 N–H and O–H groups in total. The number of hydrogen-bond donors (Lipinski definition) is 0. The van der Waals surface area contributed by atoms with Crippen LogP contribution in [0.2, 0.25) is 0 Å². The van der Waals surface area contributed by atoms with Crippen molar-refractivity contribution in [1.82, 2.24) is 30.0 Å². The molecule has 0 bridgehead atoms. The molecule has 132 valence electrons. The number of piperazine rings is 1. The second-order valence-corrected chi connectivity index (χ2v) is 6.46. The van der Waals surface area contributed by atoms with E-state index in [4.69, 9.17) is 0 Å². The highest BCUT2D eigenvalue weighted by Crippen LogP contribution is 2.34. The topological polar surface area (TPSA) is 67.2 Å². The van der Waals surface area contributed by atoms with Crippen molar-refractivity contribution in [2.45, 2.75) is 25.4 Å². The van der Waals surface area contributed by atoms with Gasteiger partial charge in [0.05, 0.1) is 18.2 Å². The van der Waals surface area contributed by atoms with Gasteiger partial charge in [-0.1, -0.05) is 0 Å². The van der Waals surface area contributed by atoms with Crippen LogP contribution in [0.1, 0.15) is 35.1 Å². The normalized spacial score (nSPS) is 18.6. The molecule has 0 atom stereocenters. The molecule has 2 aromatic rings. The quantitative estimate of drug-likeness (QED) is 0.832. The van der Waals surface area contributed by atoms with Crippen molar-refractivity contribution in [3.8, 4) is 0 Å². The molecule has 2 aliphatic rings. The highest BCUT2D eigenvalue weighted by molar-refractivity contribution is 5.94. The molecule has 9 heteroatoms. The number of nitrogens with zero attached hydrogens (tertiary/aromatic N) is 6. The van der Waals surface area contributed by atoms with E-state index < -0.39 is 17.5 Å². The van der Waals surface area contributed by atoms with E-state index in [2.05, 4.69) is 20.4 Å². The van der Waals surface area contributed by atoms with E-state index in [0.29, 0.717) is 38.8 Å². The van der Waals surface area contributed by atoms with Crippen LogP contribution >= 0.6 is 0 Å². The van der Waals surface area contributed by atoms with Crippen LogP contribution < -0.4 is 0 Å². The number of aromatic nitrogens is 4. The van der Waals surface area contributed by atoms with Crippen LogP contribution in [0.15, 0.2) is 18.2 Å². The number of carbonyl (C=O) groups excluding carboxylic acids is 1. The van der Waals surface area contributed by atoms with Gasteiger partial charge in [0.15, 0.2) is 5.82 Å². The molecule has 1 aliphatic heterocycles. The van der Waals surface area contributed by atoms with Crippen molar-refractivity contribution in [2.24, 2.45) is 0 Å². The summed E-state index contributed by atoms with van der Waals surface area (Å²) in [6.07, 6.45) is 2.22. The lowest BCUT2D eigenvalue weighted by Gasteiger charge is -2.34. The third-order valence-electron chi connectivity index (χ3n) is 4.64.